The summed E-state index contributed by atoms with van der Waals surface area (Å²) in [5.41, 5.74) is 2.70. The molecule has 0 aromatic carbocycles. The molecule has 3 nitrogen and oxygen atoms in total. The van der Waals surface area contributed by atoms with Crippen molar-refractivity contribution < 1.29 is 0 Å². The number of thiophene rings is 1. The number of anilines is 1. The van der Waals surface area contributed by atoms with Crippen LogP contribution in [0.15, 0.2) is 11.4 Å². The summed E-state index contributed by atoms with van der Waals surface area (Å²) in [6.45, 7) is 5.27. The average molecular weight is 305 g/mol. The van der Waals surface area contributed by atoms with Gasteiger partial charge in [0.15, 0.2) is 5.13 Å². The molecule has 2 aromatic heterocycles. The van der Waals surface area contributed by atoms with E-state index in [9.17, 15) is 0 Å². The summed E-state index contributed by atoms with van der Waals surface area (Å²) in [6, 6.07) is 3.03. The first kappa shape index (κ1) is 12.8. The van der Waals surface area contributed by atoms with Gasteiger partial charge in [-0.3, -0.25) is 0 Å². The lowest BCUT2D eigenvalue weighted by atomic mass is 10.1. The molecule has 20 heavy (non-hydrogen) atoms. The van der Waals surface area contributed by atoms with Crippen LogP contribution in [-0.2, 0) is 19.5 Å². The van der Waals surface area contributed by atoms with Gasteiger partial charge in [0.2, 0.25) is 0 Å². The second-order valence-electron chi connectivity index (χ2n) is 5.70. The van der Waals surface area contributed by atoms with Crippen LogP contribution in [0, 0.1) is 6.92 Å². The lowest BCUT2D eigenvalue weighted by molar-refractivity contribution is 0.691. The minimum absolute atomic E-state index is 0.767. The zero-order chi connectivity index (χ0) is 13.5. The standard InChI is InChI=1S/C15H19N3S2/c1-10-14(8-16-12-2-3-12)20-15(17-10)18-6-4-13-11(9-18)5-7-19-13/h5,7,12,16H,2-4,6,8-9H2,1H3. The highest BCUT2D eigenvalue weighted by atomic mass is 32.1. The molecule has 2 aliphatic rings. The van der Waals surface area contributed by atoms with Crippen LogP contribution in [0.1, 0.15) is 33.9 Å². The van der Waals surface area contributed by atoms with Gasteiger partial charge in [-0.2, -0.15) is 0 Å². The summed E-state index contributed by atoms with van der Waals surface area (Å²) in [5.74, 6) is 0. The number of nitrogens with one attached hydrogen (secondary N) is 1. The highest BCUT2D eigenvalue weighted by Crippen LogP contribution is 2.32. The van der Waals surface area contributed by atoms with Gasteiger partial charge < -0.3 is 10.2 Å². The smallest absolute Gasteiger partial charge is 0.186 e. The average Bonchev–Trinajstić information content (AvgIpc) is 3.03. The quantitative estimate of drug-likeness (QED) is 0.939. The maximum Gasteiger partial charge on any atom is 0.186 e. The van der Waals surface area contributed by atoms with Crippen molar-refractivity contribution in [2.24, 2.45) is 0 Å². The zero-order valence-electron chi connectivity index (χ0n) is 11.7. The lowest BCUT2D eigenvalue weighted by Crippen LogP contribution is -2.29. The second kappa shape index (κ2) is 5.13. The van der Waals surface area contributed by atoms with E-state index in [0.29, 0.717) is 0 Å². The van der Waals surface area contributed by atoms with E-state index in [2.05, 4.69) is 28.6 Å². The minimum Gasteiger partial charge on any atom is -0.343 e. The predicted molar refractivity (Wildman–Crippen MR) is 85.8 cm³/mol. The Labute approximate surface area is 127 Å². The van der Waals surface area contributed by atoms with Crippen molar-refractivity contribution in [2.45, 2.75) is 45.3 Å². The number of fused-ring (bicyclic) bond motifs is 1. The van der Waals surface area contributed by atoms with Gasteiger partial charge in [0.25, 0.3) is 0 Å². The molecule has 1 fully saturated rings. The van der Waals surface area contributed by atoms with Crippen LogP contribution in [0.4, 0.5) is 5.13 Å². The molecule has 0 atom stereocenters. The van der Waals surface area contributed by atoms with E-state index in [-0.39, 0.29) is 0 Å². The number of hydrogen-bond donors (Lipinski definition) is 1. The van der Waals surface area contributed by atoms with Crippen molar-refractivity contribution in [3.63, 3.8) is 0 Å². The third-order valence-corrected chi connectivity index (χ3v) is 6.33. The third kappa shape index (κ3) is 2.50. The van der Waals surface area contributed by atoms with Gasteiger partial charge >= 0.3 is 0 Å². The molecule has 1 aliphatic heterocycles. The normalized spacial score (nSPS) is 18.4. The maximum atomic E-state index is 4.80. The third-order valence-electron chi connectivity index (χ3n) is 4.09. The first-order valence-corrected chi connectivity index (χ1v) is 8.99. The minimum atomic E-state index is 0.767. The SMILES string of the molecule is Cc1nc(N2CCc3sccc3C2)sc1CNC1CC1. The van der Waals surface area contributed by atoms with Crippen molar-refractivity contribution in [1.82, 2.24) is 10.3 Å². The molecular weight excluding hydrogens is 286 g/mol. The molecule has 1 N–H and O–H groups in total. The van der Waals surface area contributed by atoms with Crippen LogP contribution >= 0.6 is 22.7 Å². The van der Waals surface area contributed by atoms with Gasteiger partial charge in [-0.25, -0.2) is 4.98 Å². The van der Waals surface area contributed by atoms with Gasteiger partial charge in [0.05, 0.1) is 5.69 Å². The molecule has 1 saturated carbocycles. The van der Waals surface area contributed by atoms with Crippen molar-refractivity contribution in [1.29, 1.82) is 0 Å². The van der Waals surface area contributed by atoms with E-state index < -0.39 is 0 Å². The molecule has 3 heterocycles. The number of rotatable bonds is 4. The Kier molecular flexibility index (Phi) is 3.28. The Morgan fingerprint density at radius 1 is 1.45 bits per heavy atom. The van der Waals surface area contributed by atoms with Crippen molar-refractivity contribution >= 4 is 27.8 Å². The van der Waals surface area contributed by atoms with Gasteiger partial charge in [-0.1, -0.05) is 0 Å². The van der Waals surface area contributed by atoms with Gasteiger partial charge in [-0.05, 0) is 43.2 Å². The largest absolute Gasteiger partial charge is 0.343 e. The Bertz CT molecular complexity index is 612. The Morgan fingerprint density at radius 2 is 2.35 bits per heavy atom. The van der Waals surface area contributed by atoms with Crippen LogP contribution in [0.3, 0.4) is 0 Å². The Morgan fingerprint density at radius 3 is 3.20 bits per heavy atom. The first-order valence-electron chi connectivity index (χ1n) is 7.29. The molecule has 0 bridgehead atoms. The monoisotopic (exact) mass is 305 g/mol. The van der Waals surface area contributed by atoms with Crippen LogP contribution in [-0.4, -0.2) is 17.6 Å². The Hall–Kier alpha value is -0.910. The molecule has 0 radical (unpaired) electrons. The summed E-state index contributed by atoms with van der Waals surface area (Å²) in [6.07, 6.45) is 3.86. The Balaban J connectivity index is 1.49. The fraction of sp³-hybridized carbons (Fsp3) is 0.533. The van der Waals surface area contributed by atoms with E-state index in [1.54, 1.807) is 4.88 Å². The molecular formula is C15H19N3S2. The lowest BCUT2D eigenvalue weighted by Gasteiger charge is -2.26. The highest BCUT2D eigenvalue weighted by Gasteiger charge is 2.23. The van der Waals surface area contributed by atoms with Crippen LogP contribution in [0.2, 0.25) is 0 Å². The number of nitrogens with zero attached hydrogens (tertiary/aromatic N) is 2. The number of hydrogen-bond acceptors (Lipinski definition) is 5. The molecule has 0 amide bonds. The second-order valence-corrected chi connectivity index (χ2v) is 7.76. The summed E-state index contributed by atoms with van der Waals surface area (Å²) in [4.78, 5) is 10.2. The van der Waals surface area contributed by atoms with Crippen LogP contribution in [0.5, 0.6) is 0 Å². The molecule has 0 saturated heterocycles. The summed E-state index contributed by atoms with van der Waals surface area (Å²) in [7, 11) is 0. The molecule has 0 unspecified atom stereocenters. The maximum absolute atomic E-state index is 4.80. The van der Waals surface area contributed by atoms with Crippen molar-refractivity contribution in [3.05, 3.63) is 32.5 Å². The molecule has 4 rings (SSSR count). The zero-order valence-corrected chi connectivity index (χ0v) is 13.3. The number of aryl methyl sites for hydroxylation is 1. The molecule has 0 spiro atoms. The fourth-order valence-corrected chi connectivity index (χ4v) is 4.57. The van der Waals surface area contributed by atoms with E-state index in [1.165, 1.54) is 40.5 Å². The summed E-state index contributed by atoms with van der Waals surface area (Å²) < 4.78 is 0. The summed E-state index contributed by atoms with van der Waals surface area (Å²) >= 11 is 3.76. The van der Waals surface area contributed by atoms with Crippen molar-refractivity contribution in [2.75, 3.05) is 11.4 Å². The van der Waals surface area contributed by atoms with Gasteiger partial charge in [-0.15, -0.1) is 22.7 Å². The number of thiazole rings is 1. The van der Waals surface area contributed by atoms with E-state index in [0.717, 1.165) is 25.7 Å². The van der Waals surface area contributed by atoms with E-state index >= 15 is 0 Å². The summed E-state index contributed by atoms with van der Waals surface area (Å²) in [5, 5.41) is 7.01. The number of aromatic nitrogens is 1. The molecule has 5 heteroatoms. The highest BCUT2D eigenvalue weighted by molar-refractivity contribution is 7.15. The topological polar surface area (TPSA) is 28.2 Å². The van der Waals surface area contributed by atoms with Crippen molar-refractivity contribution in [3.8, 4) is 0 Å². The van der Waals surface area contributed by atoms with E-state index in [1.807, 2.05) is 22.7 Å². The molecule has 2 aromatic rings. The van der Waals surface area contributed by atoms with Gasteiger partial charge in [0.1, 0.15) is 0 Å². The van der Waals surface area contributed by atoms with Crippen LogP contribution < -0.4 is 10.2 Å². The molecule has 1 aliphatic carbocycles. The fourth-order valence-electron chi connectivity index (χ4n) is 2.65. The molecule has 106 valence electrons. The first-order chi connectivity index (χ1) is 9.79. The van der Waals surface area contributed by atoms with Gasteiger partial charge in [0, 0.05) is 35.4 Å². The predicted octanol–water partition coefficient (Wildman–Crippen LogP) is 3.33. The van der Waals surface area contributed by atoms with E-state index in [4.69, 9.17) is 4.98 Å². The van der Waals surface area contributed by atoms with Crippen LogP contribution in [0.25, 0.3) is 0 Å².